The van der Waals surface area contributed by atoms with Crippen molar-refractivity contribution in [1.29, 1.82) is 0 Å². The highest BCUT2D eigenvalue weighted by molar-refractivity contribution is 5.81. The molecule has 1 saturated heterocycles. The first-order chi connectivity index (χ1) is 11.6. The van der Waals surface area contributed by atoms with Crippen LogP contribution in [0.2, 0.25) is 0 Å². The minimum absolute atomic E-state index is 0.00107. The van der Waals surface area contributed by atoms with Gasteiger partial charge >= 0.3 is 0 Å². The van der Waals surface area contributed by atoms with E-state index in [-0.39, 0.29) is 24.9 Å². The van der Waals surface area contributed by atoms with Crippen LogP contribution in [0.1, 0.15) is 12.8 Å². The minimum atomic E-state index is -0.00107. The summed E-state index contributed by atoms with van der Waals surface area (Å²) in [6.07, 6.45) is 5.59. The van der Waals surface area contributed by atoms with E-state index in [0.717, 1.165) is 25.9 Å². The Bertz CT molecular complexity index is 569. The number of carbonyl (C=O) groups excluding carboxylic acids is 2. The van der Waals surface area contributed by atoms with Gasteiger partial charge in [0.25, 0.3) is 0 Å². The van der Waals surface area contributed by atoms with Gasteiger partial charge in [0.2, 0.25) is 17.8 Å². The van der Waals surface area contributed by atoms with Gasteiger partial charge in [-0.25, -0.2) is 9.97 Å². The van der Waals surface area contributed by atoms with Crippen molar-refractivity contribution in [2.75, 3.05) is 51.2 Å². The number of piperazine rings is 1. The van der Waals surface area contributed by atoms with Crippen molar-refractivity contribution in [3.8, 4) is 0 Å². The number of nitrogens with one attached hydrogen (secondary N) is 1. The largest absolute Gasteiger partial charge is 0.352 e. The van der Waals surface area contributed by atoms with Crippen LogP contribution in [-0.2, 0) is 9.59 Å². The van der Waals surface area contributed by atoms with E-state index < -0.39 is 0 Å². The number of rotatable bonds is 6. The molecule has 2 fully saturated rings. The second-order valence-corrected chi connectivity index (χ2v) is 6.43. The second kappa shape index (κ2) is 7.57. The molecule has 2 aliphatic rings. The molecule has 130 valence electrons. The molecule has 1 aromatic rings. The number of carbonyl (C=O) groups is 2. The van der Waals surface area contributed by atoms with E-state index in [1.807, 2.05) is 4.90 Å². The summed E-state index contributed by atoms with van der Waals surface area (Å²) in [4.78, 5) is 38.3. The van der Waals surface area contributed by atoms with Crippen LogP contribution < -0.4 is 10.2 Å². The third-order valence-corrected chi connectivity index (χ3v) is 4.23. The average Bonchev–Trinajstić information content (AvgIpc) is 3.39. The average molecular weight is 332 g/mol. The lowest BCUT2D eigenvalue weighted by molar-refractivity contribution is -0.133. The fraction of sp³-hybridized carbons (Fsp3) is 0.625. The SMILES string of the molecule is CN(CC(=O)NC1CC1)CC(=O)N1CCN(c2ncccn2)CC1. The quantitative estimate of drug-likeness (QED) is 0.744. The fourth-order valence-electron chi connectivity index (χ4n) is 2.74. The molecule has 1 saturated carbocycles. The summed E-state index contributed by atoms with van der Waals surface area (Å²) in [6.45, 7) is 3.28. The van der Waals surface area contributed by atoms with Crippen molar-refractivity contribution in [3.63, 3.8) is 0 Å². The Morgan fingerprint density at radius 1 is 1.17 bits per heavy atom. The standard InChI is InChI=1S/C16H24N6O2/c1-20(11-14(23)19-13-3-4-13)12-15(24)21-7-9-22(10-8-21)16-17-5-2-6-18-16/h2,5-6,13H,3-4,7-12H2,1H3,(H,19,23). The number of aromatic nitrogens is 2. The van der Waals surface area contributed by atoms with Crippen LogP contribution in [0.15, 0.2) is 18.5 Å². The summed E-state index contributed by atoms with van der Waals surface area (Å²) >= 11 is 0. The summed E-state index contributed by atoms with van der Waals surface area (Å²) in [5.74, 6) is 0.766. The first-order valence-electron chi connectivity index (χ1n) is 8.39. The molecule has 0 spiro atoms. The first-order valence-corrected chi connectivity index (χ1v) is 8.39. The third kappa shape index (κ3) is 4.64. The molecule has 2 heterocycles. The van der Waals surface area contributed by atoms with E-state index in [4.69, 9.17) is 0 Å². The highest BCUT2D eigenvalue weighted by Crippen LogP contribution is 2.18. The van der Waals surface area contributed by atoms with Crippen molar-refractivity contribution in [2.45, 2.75) is 18.9 Å². The maximum atomic E-state index is 12.4. The molecule has 0 unspecified atom stereocenters. The van der Waals surface area contributed by atoms with Crippen LogP contribution >= 0.6 is 0 Å². The topological polar surface area (TPSA) is 81.7 Å². The molecule has 1 aromatic heterocycles. The molecule has 1 N–H and O–H groups in total. The lowest BCUT2D eigenvalue weighted by Crippen LogP contribution is -2.52. The minimum Gasteiger partial charge on any atom is -0.352 e. The number of hydrogen-bond donors (Lipinski definition) is 1. The molecule has 1 aliphatic carbocycles. The zero-order chi connectivity index (χ0) is 16.9. The number of hydrogen-bond acceptors (Lipinski definition) is 6. The molecule has 3 rings (SSSR count). The predicted molar refractivity (Wildman–Crippen MR) is 89.5 cm³/mol. The van der Waals surface area contributed by atoms with Gasteiger partial charge in [0.15, 0.2) is 0 Å². The highest BCUT2D eigenvalue weighted by atomic mass is 16.2. The molecule has 2 amide bonds. The Hall–Kier alpha value is -2.22. The van der Waals surface area contributed by atoms with Gasteiger partial charge in [-0.15, -0.1) is 0 Å². The zero-order valence-electron chi connectivity index (χ0n) is 14.0. The van der Waals surface area contributed by atoms with Gasteiger partial charge in [0.1, 0.15) is 0 Å². The summed E-state index contributed by atoms with van der Waals surface area (Å²) < 4.78 is 0. The van der Waals surface area contributed by atoms with Crippen molar-refractivity contribution < 1.29 is 9.59 Å². The zero-order valence-corrected chi connectivity index (χ0v) is 14.0. The van der Waals surface area contributed by atoms with E-state index in [1.54, 1.807) is 30.4 Å². The van der Waals surface area contributed by atoms with Gasteiger partial charge in [0, 0.05) is 44.6 Å². The first kappa shape index (κ1) is 16.6. The van der Waals surface area contributed by atoms with Crippen LogP contribution in [-0.4, -0.2) is 83.9 Å². The Morgan fingerprint density at radius 2 is 1.83 bits per heavy atom. The van der Waals surface area contributed by atoms with Gasteiger partial charge in [0.05, 0.1) is 13.1 Å². The van der Waals surface area contributed by atoms with E-state index >= 15 is 0 Å². The molecular formula is C16H24N6O2. The van der Waals surface area contributed by atoms with Crippen LogP contribution in [0, 0.1) is 0 Å². The predicted octanol–water partition coefficient (Wildman–Crippen LogP) is -0.664. The molecule has 0 aromatic carbocycles. The Labute approximate surface area is 141 Å². The van der Waals surface area contributed by atoms with Crippen molar-refractivity contribution in [2.24, 2.45) is 0 Å². The monoisotopic (exact) mass is 332 g/mol. The lowest BCUT2D eigenvalue weighted by atomic mass is 10.3. The summed E-state index contributed by atoms with van der Waals surface area (Å²) in [6, 6.07) is 2.15. The normalized spacial score (nSPS) is 17.9. The Morgan fingerprint density at radius 3 is 2.46 bits per heavy atom. The third-order valence-electron chi connectivity index (χ3n) is 4.23. The maximum Gasteiger partial charge on any atom is 0.236 e. The van der Waals surface area contributed by atoms with E-state index in [2.05, 4.69) is 20.2 Å². The van der Waals surface area contributed by atoms with Gasteiger partial charge in [-0.3, -0.25) is 14.5 Å². The van der Waals surface area contributed by atoms with Crippen LogP contribution in [0.3, 0.4) is 0 Å². The maximum absolute atomic E-state index is 12.4. The summed E-state index contributed by atoms with van der Waals surface area (Å²) in [7, 11) is 1.80. The smallest absolute Gasteiger partial charge is 0.236 e. The van der Waals surface area contributed by atoms with Gasteiger partial charge in [-0.1, -0.05) is 0 Å². The molecular weight excluding hydrogens is 308 g/mol. The van der Waals surface area contributed by atoms with Crippen molar-refractivity contribution in [3.05, 3.63) is 18.5 Å². The molecule has 8 nitrogen and oxygen atoms in total. The fourth-order valence-corrected chi connectivity index (χ4v) is 2.74. The molecule has 0 atom stereocenters. The number of anilines is 1. The second-order valence-electron chi connectivity index (χ2n) is 6.43. The molecule has 1 aliphatic heterocycles. The molecule has 0 bridgehead atoms. The number of likely N-dealkylation sites (N-methyl/N-ethyl adjacent to an activating group) is 1. The van der Waals surface area contributed by atoms with Gasteiger partial charge in [-0.2, -0.15) is 0 Å². The Kier molecular flexibility index (Phi) is 5.24. The van der Waals surface area contributed by atoms with Gasteiger partial charge < -0.3 is 15.1 Å². The lowest BCUT2D eigenvalue weighted by Gasteiger charge is -2.35. The molecule has 0 radical (unpaired) electrons. The van der Waals surface area contributed by atoms with E-state index in [9.17, 15) is 9.59 Å². The van der Waals surface area contributed by atoms with Gasteiger partial charge in [-0.05, 0) is 26.0 Å². The highest BCUT2D eigenvalue weighted by Gasteiger charge is 2.25. The van der Waals surface area contributed by atoms with E-state index in [0.29, 0.717) is 25.1 Å². The van der Waals surface area contributed by atoms with Crippen LogP contribution in [0.25, 0.3) is 0 Å². The molecule has 24 heavy (non-hydrogen) atoms. The van der Waals surface area contributed by atoms with E-state index in [1.165, 1.54) is 0 Å². The summed E-state index contributed by atoms with van der Waals surface area (Å²) in [5.41, 5.74) is 0. The Balaban J connectivity index is 1.40. The molecule has 8 heteroatoms. The van der Waals surface area contributed by atoms with Crippen molar-refractivity contribution >= 4 is 17.8 Å². The number of nitrogens with zero attached hydrogens (tertiary/aromatic N) is 5. The van der Waals surface area contributed by atoms with Crippen molar-refractivity contribution in [1.82, 2.24) is 25.1 Å². The summed E-state index contributed by atoms with van der Waals surface area (Å²) in [5, 5.41) is 2.94. The van der Waals surface area contributed by atoms with Crippen LogP contribution in [0.5, 0.6) is 0 Å². The number of amides is 2. The van der Waals surface area contributed by atoms with Crippen LogP contribution in [0.4, 0.5) is 5.95 Å².